The molecule has 1 aromatic rings. The van der Waals surface area contributed by atoms with E-state index in [-0.39, 0.29) is 6.10 Å². The summed E-state index contributed by atoms with van der Waals surface area (Å²) < 4.78 is 10.5. The zero-order chi connectivity index (χ0) is 13.7. The minimum atomic E-state index is -0.280. The Balaban J connectivity index is 1.93. The van der Waals surface area contributed by atoms with Crippen molar-refractivity contribution < 1.29 is 9.26 Å². The lowest BCUT2D eigenvalue weighted by Gasteiger charge is -2.26. The highest BCUT2D eigenvalue weighted by atomic mass is 16.5. The molecule has 1 unspecified atom stereocenters. The van der Waals surface area contributed by atoms with E-state index in [9.17, 15) is 0 Å². The zero-order valence-corrected chi connectivity index (χ0v) is 12.0. The fraction of sp³-hybridized carbons (Fsp3) is 0.857. The Morgan fingerprint density at radius 3 is 2.68 bits per heavy atom. The molecule has 0 aliphatic heterocycles. The maximum Gasteiger partial charge on any atom is 0.257 e. The molecule has 0 spiro atoms. The molecule has 1 aliphatic carbocycles. The SMILES string of the molecule is CCCC1CCC(c2noc(C(CN)OC)n2)CC1. The van der Waals surface area contributed by atoms with Gasteiger partial charge in [-0.25, -0.2) is 0 Å². The van der Waals surface area contributed by atoms with E-state index in [1.54, 1.807) is 7.11 Å². The number of hydrogen-bond acceptors (Lipinski definition) is 5. The van der Waals surface area contributed by atoms with Crippen molar-refractivity contribution in [1.29, 1.82) is 0 Å². The van der Waals surface area contributed by atoms with Crippen molar-refractivity contribution in [2.45, 2.75) is 57.5 Å². The quantitative estimate of drug-likeness (QED) is 0.857. The van der Waals surface area contributed by atoms with Crippen LogP contribution in [0.1, 0.15) is 69.2 Å². The monoisotopic (exact) mass is 267 g/mol. The number of aromatic nitrogens is 2. The summed E-state index contributed by atoms with van der Waals surface area (Å²) in [4.78, 5) is 4.46. The molecule has 0 radical (unpaired) electrons. The number of methoxy groups -OCH3 is 1. The highest BCUT2D eigenvalue weighted by Crippen LogP contribution is 2.36. The second kappa shape index (κ2) is 7.01. The molecule has 1 aromatic heterocycles. The van der Waals surface area contributed by atoms with Gasteiger partial charge in [0.15, 0.2) is 5.82 Å². The molecule has 1 atom stereocenters. The van der Waals surface area contributed by atoms with Crippen molar-refractivity contribution >= 4 is 0 Å². The van der Waals surface area contributed by atoms with Gasteiger partial charge < -0.3 is 15.0 Å². The van der Waals surface area contributed by atoms with Crippen LogP contribution in [-0.2, 0) is 4.74 Å². The fourth-order valence-corrected chi connectivity index (χ4v) is 2.96. The van der Waals surface area contributed by atoms with E-state index in [1.807, 2.05) is 0 Å². The molecule has 2 N–H and O–H groups in total. The Morgan fingerprint density at radius 1 is 1.37 bits per heavy atom. The van der Waals surface area contributed by atoms with Crippen LogP contribution < -0.4 is 5.73 Å². The van der Waals surface area contributed by atoms with Gasteiger partial charge in [0.05, 0.1) is 0 Å². The first kappa shape index (κ1) is 14.5. The number of nitrogens with zero attached hydrogens (tertiary/aromatic N) is 2. The van der Waals surface area contributed by atoms with Crippen molar-refractivity contribution in [3.63, 3.8) is 0 Å². The number of ether oxygens (including phenoxy) is 1. The van der Waals surface area contributed by atoms with E-state index in [0.29, 0.717) is 18.4 Å². The maximum atomic E-state index is 5.60. The first-order chi connectivity index (χ1) is 9.28. The molecular weight excluding hydrogens is 242 g/mol. The average molecular weight is 267 g/mol. The van der Waals surface area contributed by atoms with Gasteiger partial charge in [-0.1, -0.05) is 24.9 Å². The number of nitrogens with two attached hydrogens (primary N) is 1. The van der Waals surface area contributed by atoms with Gasteiger partial charge in [-0.3, -0.25) is 0 Å². The molecule has 0 bridgehead atoms. The molecular formula is C14H25N3O2. The average Bonchev–Trinajstić information content (AvgIpc) is 2.91. The van der Waals surface area contributed by atoms with Gasteiger partial charge in [0.2, 0.25) is 0 Å². The topological polar surface area (TPSA) is 74.2 Å². The Hall–Kier alpha value is -0.940. The fourth-order valence-electron chi connectivity index (χ4n) is 2.96. The summed E-state index contributed by atoms with van der Waals surface area (Å²) in [6.07, 6.45) is 7.27. The molecule has 1 aliphatic rings. The third kappa shape index (κ3) is 3.54. The molecule has 1 fully saturated rings. The van der Waals surface area contributed by atoms with Crippen LogP contribution in [0.2, 0.25) is 0 Å². The van der Waals surface area contributed by atoms with Crippen molar-refractivity contribution in [3.05, 3.63) is 11.7 Å². The molecule has 19 heavy (non-hydrogen) atoms. The Kier molecular flexibility index (Phi) is 5.34. The van der Waals surface area contributed by atoms with E-state index < -0.39 is 0 Å². The Labute approximate surface area is 114 Å². The van der Waals surface area contributed by atoms with E-state index in [1.165, 1.54) is 38.5 Å². The normalized spacial score (nSPS) is 25.4. The van der Waals surface area contributed by atoms with Crippen LogP contribution in [0.3, 0.4) is 0 Å². The molecule has 5 heteroatoms. The van der Waals surface area contributed by atoms with Crippen LogP contribution in [0.5, 0.6) is 0 Å². The van der Waals surface area contributed by atoms with Gasteiger partial charge in [0, 0.05) is 19.6 Å². The second-order valence-electron chi connectivity index (χ2n) is 5.46. The van der Waals surface area contributed by atoms with Crippen LogP contribution in [-0.4, -0.2) is 23.8 Å². The lowest BCUT2D eigenvalue weighted by molar-refractivity contribution is 0.0803. The molecule has 1 heterocycles. The highest BCUT2D eigenvalue weighted by Gasteiger charge is 2.26. The van der Waals surface area contributed by atoms with Gasteiger partial charge in [-0.05, 0) is 31.6 Å². The minimum Gasteiger partial charge on any atom is -0.370 e. The number of hydrogen-bond donors (Lipinski definition) is 1. The molecule has 1 saturated carbocycles. The van der Waals surface area contributed by atoms with Crippen LogP contribution >= 0.6 is 0 Å². The summed E-state index contributed by atoms with van der Waals surface area (Å²) in [6.45, 7) is 2.62. The summed E-state index contributed by atoms with van der Waals surface area (Å²) in [5.74, 6) is 2.68. The lowest BCUT2D eigenvalue weighted by Crippen LogP contribution is -2.16. The third-order valence-corrected chi connectivity index (χ3v) is 4.14. The largest absolute Gasteiger partial charge is 0.370 e. The van der Waals surface area contributed by atoms with Crippen molar-refractivity contribution in [2.24, 2.45) is 11.7 Å². The predicted molar refractivity (Wildman–Crippen MR) is 72.7 cm³/mol. The van der Waals surface area contributed by atoms with Crippen LogP contribution in [0.15, 0.2) is 4.52 Å². The van der Waals surface area contributed by atoms with E-state index in [0.717, 1.165) is 11.7 Å². The van der Waals surface area contributed by atoms with Gasteiger partial charge >= 0.3 is 0 Å². The van der Waals surface area contributed by atoms with Gasteiger partial charge in [0.25, 0.3) is 5.89 Å². The second-order valence-corrected chi connectivity index (χ2v) is 5.46. The third-order valence-electron chi connectivity index (χ3n) is 4.14. The molecule has 0 aromatic carbocycles. The first-order valence-corrected chi connectivity index (χ1v) is 7.34. The Bertz CT molecular complexity index is 369. The van der Waals surface area contributed by atoms with Gasteiger partial charge in [-0.2, -0.15) is 4.98 Å². The Morgan fingerprint density at radius 2 is 2.11 bits per heavy atom. The zero-order valence-electron chi connectivity index (χ0n) is 12.0. The smallest absolute Gasteiger partial charge is 0.257 e. The first-order valence-electron chi connectivity index (χ1n) is 7.34. The van der Waals surface area contributed by atoms with E-state index in [2.05, 4.69) is 17.1 Å². The molecule has 2 rings (SSSR count). The van der Waals surface area contributed by atoms with Crippen LogP contribution in [0.4, 0.5) is 0 Å². The van der Waals surface area contributed by atoms with E-state index >= 15 is 0 Å². The van der Waals surface area contributed by atoms with Crippen molar-refractivity contribution in [3.8, 4) is 0 Å². The molecule has 108 valence electrons. The van der Waals surface area contributed by atoms with Crippen LogP contribution in [0.25, 0.3) is 0 Å². The van der Waals surface area contributed by atoms with Crippen molar-refractivity contribution in [1.82, 2.24) is 10.1 Å². The van der Waals surface area contributed by atoms with Gasteiger partial charge in [-0.15, -0.1) is 0 Å². The summed E-state index contributed by atoms with van der Waals surface area (Å²) in [5.41, 5.74) is 5.60. The molecule has 0 saturated heterocycles. The van der Waals surface area contributed by atoms with Crippen molar-refractivity contribution in [2.75, 3.05) is 13.7 Å². The summed E-state index contributed by atoms with van der Waals surface area (Å²) in [7, 11) is 1.61. The maximum absolute atomic E-state index is 5.60. The van der Waals surface area contributed by atoms with Crippen LogP contribution in [0, 0.1) is 5.92 Å². The summed E-state index contributed by atoms with van der Waals surface area (Å²) >= 11 is 0. The molecule has 5 nitrogen and oxygen atoms in total. The predicted octanol–water partition coefficient (Wildman–Crippen LogP) is 2.79. The highest BCUT2D eigenvalue weighted by molar-refractivity contribution is 4.99. The standard InChI is InChI=1S/C14H25N3O2/c1-3-4-10-5-7-11(8-6-10)13-16-14(19-17-13)12(9-15)18-2/h10-12H,3-9,15H2,1-2H3. The minimum absolute atomic E-state index is 0.280. The van der Waals surface area contributed by atoms with Gasteiger partial charge in [0.1, 0.15) is 6.10 Å². The lowest BCUT2D eigenvalue weighted by atomic mass is 9.80. The summed E-state index contributed by atoms with van der Waals surface area (Å²) in [6, 6.07) is 0. The molecule has 0 amide bonds. The van der Waals surface area contributed by atoms with E-state index in [4.69, 9.17) is 15.0 Å². The summed E-state index contributed by atoms with van der Waals surface area (Å²) in [5, 5.41) is 4.11. The number of rotatable bonds is 6.